The van der Waals surface area contributed by atoms with Crippen LogP contribution in [-0.2, 0) is 0 Å². The van der Waals surface area contributed by atoms with E-state index in [2.05, 4.69) is 29.0 Å². The van der Waals surface area contributed by atoms with Crippen LogP contribution in [0, 0.1) is 0 Å². The van der Waals surface area contributed by atoms with Gasteiger partial charge >= 0.3 is 0 Å². The predicted molar refractivity (Wildman–Crippen MR) is 103 cm³/mol. The van der Waals surface area contributed by atoms with Crippen molar-refractivity contribution < 1.29 is 9.53 Å². The van der Waals surface area contributed by atoms with E-state index in [0.29, 0.717) is 22.0 Å². The van der Waals surface area contributed by atoms with Crippen molar-refractivity contribution in [3.63, 3.8) is 0 Å². The molecular weight excluding hydrogens is 338 g/mol. The Hall–Kier alpha value is -2.27. The molecule has 0 saturated heterocycles. The first-order chi connectivity index (χ1) is 12.1. The first kappa shape index (κ1) is 19.1. The van der Waals surface area contributed by atoms with Gasteiger partial charge in [-0.3, -0.25) is 9.78 Å². The molecule has 0 spiro atoms. The Balaban J connectivity index is 2.16. The number of anilines is 2. The lowest BCUT2D eigenvalue weighted by molar-refractivity contribution is 0.102. The highest BCUT2D eigenvalue weighted by Crippen LogP contribution is 2.27. The fraction of sp³-hybridized carbons (Fsp3) is 0.368. The van der Waals surface area contributed by atoms with Crippen molar-refractivity contribution in [2.24, 2.45) is 0 Å². The normalized spacial score (nSPS) is 10.4. The molecule has 0 saturated carbocycles. The first-order valence-electron chi connectivity index (χ1n) is 8.43. The van der Waals surface area contributed by atoms with Gasteiger partial charge in [-0.1, -0.05) is 25.4 Å². The number of nitrogens with one attached hydrogen (secondary N) is 1. The number of ether oxygens (including phenoxy) is 1. The Labute approximate surface area is 154 Å². The molecule has 0 bridgehead atoms. The van der Waals surface area contributed by atoms with Crippen LogP contribution in [0.5, 0.6) is 5.75 Å². The third kappa shape index (κ3) is 5.10. The molecular formula is C19H24ClN3O2. The van der Waals surface area contributed by atoms with Crippen LogP contribution >= 0.6 is 11.6 Å². The second-order valence-electron chi connectivity index (χ2n) is 5.72. The summed E-state index contributed by atoms with van der Waals surface area (Å²) < 4.78 is 5.12. The summed E-state index contributed by atoms with van der Waals surface area (Å²) in [6.45, 7) is 6.16. The van der Waals surface area contributed by atoms with Crippen LogP contribution in [0.25, 0.3) is 0 Å². The lowest BCUT2D eigenvalue weighted by Crippen LogP contribution is -2.25. The van der Waals surface area contributed by atoms with Gasteiger partial charge in [0, 0.05) is 25.0 Å². The molecule has 1 aromatic carbocycles. The summed E-state index contributed by atoms with van der Waals surface area (Å²) in [5.74, 6) is 0.349. The van der Waals surface area contributed by atoms with Crippen molar-refractivity contribution in [1.29, 1.82) is 0 Å². The molecule has 0 fully saturated rings. The van der Waals surface area contributed by atoms with Gasteiger partial charge in [-0.15, -0.1) is 0 Å². The van der Waals surface area contributed by atoms with Gasteiger partial charge in [-0.05, 0) is 37.1 Å². The summed E-state index contributed by atoms with van der Waals surface area (Å²) >= 11 is 6.10. The zero-order chi connectivity index (χ0) is 18.2. The third-order valence-electron chi connectivity index (χ3n) is 3.75. The van der Waals surface area contributed by atoms with Gasteiger partial charge in [0.15, 0.2) is 0 Å². The van der Waals surface area contributed by atoms with E-state index in [-0.39, 0.29) is 5.91 Å². The molecule has 2 rings (SSSR count). The van der Waals surface area contributed by atoms with Crippen LogP contribution in [0.4, 0.5) is 11.4 Å². The van der Waals surface area contributed by atoms with Crippen LogP contribution in [-0.4, -0.2) is 31.1 Å². The Bertz CT molecular complexity index is 716. The summed E-state index contributed by atoms with van der Waals surface area (Å²) in [5, 5.41) is 3.29. The molecule has 1 aromatic heterocycles. The van der Waals surface area contributed by atoms with E-state index in [4.69, 9.17) is 16.3 Å². The van der Waals surface area contributed by atoms with Crippen LogP contribution in [0.3, 0.4) is 0 Å². The standard InChI is InChI=1S/C19H24ClN3O2/c1-4-8-23(9-5-2)16-10-14(12-21-13-16)19(24)22-15-6-7-18(25-3)17(20)11-15/h6-7,10-13H,4-5,8-9H2,1-3H3,(H,22,24). The lowest BCUT2D eigenvalue weighted by atomic mass is 10.2. The number of rotatable bonds is 8. The Morgan fingerprint density at radius 1 is 1.20 bits per heavy atom. The number of hydrogen-bond acceptors (Lipinski definition) is 4. The number of carbonyl (C=O) groups is 1. The molecule has 0 unspecified atom stereocenters. The van der Waals surface area contributed by atoms with Crippen molar-refractivity contribution in [3.8, 4) is 5.75 Å². The van der Waals surface area contributed by atoms with Gasteiger partial charge in [0.05, 0.1) is 29.6 Å². The molecule has 6 heteroatoms. The molecule has 1 N–H and O–H groups in total. The molecule has 2 aromatic rings. The average Bonchev–Trinajstić information content (AvgIpc) is 2.62. The minimum atomic E-state index is -0.219. The maximum Gasteiger partial charge on any atom is 0.257 e. The fourth-order valence-corrected chi connectivity index (χ4v) is 2.84. The third-order valence-corrected chi connectivity index (χ3v) is 4.04. The SMILES string of the molecule is CCCN(CCC)c1cncc(C(=O)Nc2ccc(OC)c(Cl)c2)c1. The Morgan fingerprint density at radius 2 is 1.92 bits per heavy atom. The van der Waals surface area contributed by atoms with E-state index < -0.39 is 0 Å². The summed E-state index contributed by atoms with van der Waals surface area (Å²) in [5.41, 5.74) is 2.09. The van der Waals surface area contributed by atoms with Crippen molar-refractivity contribution in [2.75, 3.05) is 30.4 Å². The van der Waals surface area contributed by atoms with Gasteiger partial charge in [0.25, 0.3) is 5.91 Å². The summed E-state index contributed by atoms with van der Waals surface area (Å²) in [6, 6.07) is 7.01. The van der Waals surface area contributed by atoms with E-state index in [1.807, 2.05) is 6.07 Å². The largest absolute Gasteiger partial charge is 0.495 e. The van der Waals surface area contributed by atoms with Crippen LogP contribution < -0.4 is 15.0 Å². The summed E-state index contributed by atoms with van der Waals surface area (Å²) in [7, 11) is 1.55. The molecule has 1 amide bonds. The topological polar surface area (TPSA) is 54.5 Å². The van der Waals surface area contributed by atoms with Gasteiger partial charge in [-0.2, -0.15) is 0 Å². The number of aromatic nitrogens is 1. The maximum absolute atomic E-state index is 12.5. The lowest BCUT2D eigenvalue weighted by Gasteiger charge is -2.23. The quantitative estimate of drug-likeness (QED) is 0.745. The Morgan fingerprint density at radius 3 is 2.52 bits per heavy atom. The summed E-state index contributed by atoms with van der Waals surface area (Å²) in [6.07, 6.45) is 5.45. The molecule has 1 heterocycles. The minimum absolute atomic E-state index is 0.219. The number of methoxy groups -OCH3 is 1. The summed E-state index contributed by atoms with van der Waals surface area (Å²) in [4.78, 5) is 19.0. The Kier molecular flexibility index (Phi) is 7.07. The van der Waals surface area contributed by atoms with Crippen LogP contribution in [0.2, 0.25) is 5.02 Å². The zero-order valence-electron chi connectivity index (χ0n) is 14.9. The molecule has 0 aliphatic carbocycles. The molecule has 0 aliphatic rings. The highest BCUT2D eigenvalue weighted by molar-refractivity contribution is 6.32. The van der Waals surface area contributed by atoms with Crippen molar-refractivity contribution in [2.45, 2.75) is 26.7 Å². The smallest absolute Gasteiger partial charge is 0.257 e. The van der Waals surface area contributed by atoms with Gasteiger partial charge in [-0.25, -0.2) is 0 Å². The number of carbonyl (C=O) groups excluding carboxylic acids is 1. The van der Waals surface area contributed by atoms with E-state index in [1.165, 1.54) is 0 Å². The minimum Gasteiger partial charge on any atom is -0.495 e. The number of nitrogens with zero attached hydrogens (tertiary/aromatic N) is 2. The number of pyridine rings is 1. The molecule has 5 nitrogen and oxygen atoms in total. The molecule has 0 atom stereocenters. The van der Waals surface area contributed by atoms with Gasteiger partial charge in [0.1, 0.15) is 5.75 Å². The number of amides is 1. The number of hydrogen-bond donors (Lipinski definition) is 1. The number of halogens is 1. The molecule has 25 heavy (non-hydrogen) atoms. The monoisotopic (exact) mass is 361 g/mol. The fourth-order valence-electron chi connectivity index (χ4n) is 2.58. The second-order valence-corrected chi connectivity index (χ2v) is 6.13. The maximum atomic E-state index is 12.5. The van der Waals surface area contributed by atoms with E-state index in [0.717, 1.165) is 31.6 Å². The van der Waals surface area contributed by atoms with Crippen molar-refractivity contribution >= 4 is 28.9 Å². The van der Waals surface area contributed by atoms with Crippen LogP contribution in [0.15, 0.2) is 36.7 Å². The van der Waals surface area contributed by atoms with Crippen molar-refractivity contribution in [3.05, 3.63) is 47.2 Å². The highest BCUT2D eigenvalue weighted by atomic mass is 35.5. The molecule has 134 valence electrons. The highest BCUT2D eigenvalue weighted by Gasteiger charge is 2.12. The first-order valence-corrected chi connectivity index (χ1v) is 8.81. The van der Waals surface area contributed by atoms with Gasteiger partial charge in [0.2, 0.25) is 0 Å². The molecule has 0 aliphatic heterocycles. The molecule has 0 radical (unpaired) electrons. The van der Waals surface area contributed by atoms with E-state index >= 15 is 0 Å². The van der Waals surface area contributed by atoms with E-state index in [9.17, 15) is 4.79 Å². The number of benzene rings is 1. The second kappa shape index (κ2) is 9.28. The van der Waals surface area contributed by atoms with Crippen LogP contribution in [0.1, 0.15) is 37.0 Å². The van der Waals surface area contributed by atoms with Crippen molar-refractivity contribution in [1.82, 2.24) is 4.98 Å². The van der Waals surface area contributed by atoms with Gasteiger partial charge < -0.3 is 15.0 Å². The zero-order valence-corrected chi connectivity index (χ0v) is 15.6. The van der Waals surface area contributed by atoms with E-state index in [1.54, 1.807) is 37.7 Å². The average molecular weight is 362 g/mol. The predicted octanol–water partition coefficient (Wildman–Crippen LogP) is 4.62.